The van der Waals surface area contributed by atoms with E-state index in [1.165, 1.54) is 18.3 Å². The third-order valence-corrected chi connectivity index (χ3v) is 6.20. The number of rotatable bonds is 7. The second-order valence-corrected chi connectivity index (χ2v) is 8.50. The van der Waals surface area contributed by atoms with Crippen LogP contribution in [0.25, 0.3) is 0 Å². The van der Waals surface area contributed by atoms with E-state index in [0.29, 0.717) is 12.1 Å². The first kappa shape index (κ1) is 21.0. The molecule has 0 aliphatic heterocycles. The molecule has 0 spiro atoms. The Bertz CT molecular complexity index is 1030. The van der Waals surface area contributed by atoms with Crippen LogP contribution in [-0.2, 0) is 10.0 Å². The van der Waals surface area contributed by atoms with Gasteiger partial charge in [-0.25, -0.2) is 22.8 Å². The van der Waals surface area contributed by atoms with Crippen LogP contribution in [0.2, 0.25) is 5.02 Å². The molecular formula is C18H19ClFN5O3S. The minimum atomic E-state index is -4.25. The summed E-state index contributed by atoms with van der Waals surface area (Å²) in [6.45, 7) is 0. The van der Waals surface area contributed by atoms with Gasteiger partial charge in [-0.05, 0) is 37.5 Å². The van der Waals surface area contributed by atoms with Crippen LogP contribution in [0.1, 0.15) is 19.3 Å². The van der Waals surface area contributed by atoms with Crippen molar-refractivity contribution in [2.75, 3.05) is 4.72 Å². The van der Waals surface area contributed by atoms with Crippen LogP contribution in [0, 0.1) is 17.1 Å². The first-order valence-corrected chi connectivity index (χ1v) is 10.6. The second kappa shape index (κ2) is 8.75. The van der Waals surface area contributed by atoms with Gasteiger partial charge >= 0.3 is 0 Å². The quantitative estimate of drug-likeness (QED) is 0.568. The number of allylic oxidation sites excluding steroid dienone is 1. The molecule has 2 aromatic rings. The van der Waals surface area contributed by atoms with Crippen LogP contribution in [0.15, 0.2) is 47.4 Å². The van der Waals surface area contributed by atoms with E-state index < -0.39 is 20.7 Å². The zero-order chi connectivity index (χ0) is 21.0. The molecule has 0 radical (unpaired) electrons. The maximum absolute atomic E-state index is 14.6. The summed E-state index contributed by atoms with van der Waals surface area (Å²) in [5.74, 6) is -1.11. The lowest BCUT2D eigenvalue weighted by Gasteiger charge is -2.22. The molecule has 1 heterocycles. The minimum absolute atomic E-state index is 0.00175. The number of sulfonamides is 1. The molecule has 0 saturated heterocycles. The molecule has 2 atom stereocenters. The molecule has 29 heavy (non-hydrogen) atoms. The van der Waals surface area contributed by atoms with E-state index in [1.54, 1.807) is 0 Å². The lowest BCUT2D eigenvalue weighted by atomic mass is 10.0. The van der Waals surface area contributed by atoms with Crippen molar-refractivity contribution in [1.82, 2.24) is 9.97 Å². The fourth-order valence-corrected chi connectivity index (χ4v) is 4.55. The zero-order valence-electron chi connectivity index (χ0n) is 15.2. The first-order valence-electron chi connectivity index (χ1n) is 8.72. The Kier molecular flexibility index (Phi) is 6.33. The van der Waals surface area contributed by atoms with E-state index >= 15 is 0 Å². The molecule has 8 nitrogen and oxygen atoms in total. The van der Waals surface area contributed by atoms with Gasteiger partial charge in [0.25, 0.3) is 10.0 Å². The Morgan fingerprint density at radius 3 is 2.90 bits per heavy atom. The Hall–Kier alpha value is -2.72. The van der Waals surface area contributed by atoms with Gasteiger partial charge in [-0.3, -0.25) is 4.72 Å². The number of ether oxygens (including phenoxy) is 1. The molecular weight excluding hydrogens is 421 g/mol. The molecule has 1 fully saturated rings. The maximum Gasteiger partial charge on any atom is 0.266 e. The van der Waals surface area contributed by atoms with Crippen LogP contribution in [0.3, 0.4) is 0 Å². The molecule has 1 aliphatic carbocycles. The van der Waals surface area contributed by atoms with Crippen molar-refractivity contribution >= 4 is 33.7 Å². The first-order chi connectivity index (χ1) is 13.8. The summed E-state index contributed by atoms with van der Waals surface area (Å²) in [5.41, 5.74) is 6.49. The average molecular weight is 440 g/mol. The fourth-order valence-electron chi connectivity index (χ4n) is 3.18. The van der Waals surface area contributed by atoms with Crippen molar-refractivity contribution in [3.8, 4) is 5.75 Å². The Morgan fingerprint density at radius 1 is 1.41 bits per heavy atom. The number of nitrogens with two attached hydrogens (primary N) is 1. The molecule has 0 bridgehead atoms. The highest BCUT2D eigenvalue weighted by atomic mass is 35.5. The number of hydrogen-bond donors (Lipinski definition) is 3. The summed E-state index contributed by atoms with van der Waals surface area (Å²) in [6, 6.07) is 3.28. The summed E-state index contributed by atoms with van der Waals surface area (Å²) in [6.07, 6.45) is 7.07. The van der Waals surface area contributed by atoms with Gasteiger partial charge < -0.3 is 15.9 Å². The fraction of sp³-hybridized carbons (Fsp3) is 0.278. The van der Waals surface area contributed by atoms with Gasteiger partial charge in [-0.1, -0.05) is 11.6 Å². The largest absolute Gasteiger partial charge is 0.488 e. The smallest absolute Gasteiger partial charge is 0.266 e. The molecule has 1 aliphatic rings. The van der Waals surface area contributed by atoms with Crippen LogP contribution in [0.4, 0.5) is 10.2 Å². The van der Waals surface area contributed by atoms with Crippen molar-refractivity contribution in [2.45, 2.75) is 30.3 Å². The maximum atomic E-state index is 14.6. The summed E-state index contributed by atoms with van der Waals surface area (Å²) >= 11 is 6.19. The van der Waals surface area contributed by atoms with Crippen molar-refractivity contribution in [2.24, 2.45) is 11.7 Å². The average Bonchev–Trinajstić information content (AvgIpc) is 3.13. The summed E-state index contributed by atoms with van der Waals surface area (Å²) in [5, 5.41) is 7.10. The van der Waals surface area contributed by atoms with Crippen LogP contribution in [0.5, 0.6) is 5.75 Å². The molecule has 1 saturated carbocycles. The Labute approximate surface area is 172 Å². The number of nitrogens with one attached hydrogen (secondary N) is 2. The molecule has 0 amide bonds. The molecule has 4 N–H and O–H groups in total. The number of aromatic nitrogens is 2. The van der Waals surface area contributed by atoms with Crippen LogP contribution >= 0.6 is 11.6 Å². The predicted molar refractivity (Wildman–Crippen MR) is 107 cm³/mol. The Morgan fingerprint density at radius 2 is 2.21 bits per heavy atom. The lowest BCUT2D eigenvalue weighted by molar-refractivity contribution is 0.173. The van der Waals surface area contributed by atoms with Crippen molar-refractivity contribution in [3.63, 3.8) is 0 Å². The summed E-state index contributed by atoms with van der Waals surface area (Å²) in [7, 11) is -4.25. The van der Waals surface area contributed by atoms with Gasteiger partial charge in [-0.15, -0.1) is 0 Å². The topological polar surface area (TPSA) is 131 Å². The minimum Gasteiger partial charge on any atom is -0.488 e. The highest BCUT2D eigenvalue weighted by molar-refractivity contribution is 7.92. The predicted octanol–water partition coefficient (Wildman–Crippen LogP) is 3.11. The zero-order valence-corrected chi connectivity index (χ0v) is 16.8. The molecule has 154 valence electrons. The van der Waals surface area contributed by atoms with Crippen molar-refractivity contribution in [3.05, 3.63) is 53.3 Å². The summed E-state index contributed by atoms with van der Waals surface area (Å²) < 4.78 is 47.6. The third-order valence-electron chi connectivity index (χ3n) is 4.53. The van der Waals surface area contributed by atoms with Crippen molar-refractivity contribution in [1.29, 1.82) is 5.41 Å². The highest BCUT2D eigenvalue weighted by Gasteiger charge is 2.32. The number of benzene rings is 1. The molecule has 0 unspecified atom stereocenters. The highest BCUT2D eigenvalue weighted by Crippen LogP contribution is 2.37. The van der Waals surface area contributed by atoms with Gasteiger partial charge in [0.2, 0.25) is 0 Å². The SMILES string of the molecule is N=C/C=C(\N)[C@H]1CCC[C@@H]1Oc1cc(F)c(S(=O)(=O)Nc2ccncn2)cc1Cl. The van der Waals surface area contributed by atoms with E-state index in [0.717, 1.165) is 37.5 Å². The number of hydrogen-bond acceptors (Lipinski definition) is 7. The normalized spacial score (nSPS) is 19.7. The van der Waals surface area contributed by atoms with Gasteiger partial charge in [0.1, 0.15) is 34.7 Å². The van der Waals surface area contributed by atoms with E-state index in [9.17, 15) is 12.8 Å². The van der Waals surface area contributed by atoms with Gasteiger partial charge in [-0.2, -0.15) is 0 Å². The van der Waals surface area contributed by atoms with Gasteiger partial charge in [0, 0.05) is 30.1 Å². The van der Waals surface area contributed by atoms with Gasteiger partial charge in [0.15, 0.2) is 0 Å². The van der Waals surface area contributed by atoms with Crippen molar-refractivity contribution < 1.29 is 17.5 Å². The van der Waals surface area contributed by atoms with E-state index in [4.69, 9.17) is 27.5 Å². The molecule has 3 rings (SSSR count). The molecule has 1 aromatic heterocycles. The van der Waals surface area contributed by atoms with Crippen LogP contribution in [-0.4, -0.2) is 30.7 Å². The standard InChI is InChI=1S/C18H19ClFN5O3S/c19-12-8-17(29(26,27)25-18-5-7-23-10-24-18)13(20)9-16(12)28-15-3-1-2-11(15)14(22)4-6-21/h4-11,15,21H,1-3,22H2,(H,23,24,25)/b14-4-,21-6?/t11-,15+/m1/s1. The van der Waals surface area contributed by atoms with Crippen LogP contribution < -0.4 is 15.2 Å². The Balaban J connectivity index is 1.84. The molecule has 1 aromatic carbocycles. The monoisotopic (exact) mass is 439 g/mol. The van der Waals surface area contributed by atoms with E-state index in [-0.39, 0.29) is 28.6 Å². The lowest BCUT2D eigenvalue weighted by Crippen LogP contribution is -2.26. The molecule has 11 heteroatoms. The third kappa shape index (κ3) is 4.83. The van der Waals surface area contributed by atoms with E-state index in [1.807, 2.05) is 0 Å². The van der Waals surface area contributed by atoms with E-state index in [2.05, 4.69) is 14.7 Å². The van der Waals surface area contributed by atoms with Gasteiger partial charge in [0.05, 0.1) is 5.02 Å². The second-order valence-electron chi connectivity index (χ2n) is 6.44. The number of nitrogens with zero attached hydrogens (tertiary/aromatic N) is 2. The number of anilines is 1. The summed E-state index contributed by atoms with van der Waals surface area (Å²) in [4.78, 5) is 6.81. The number of halogens is 2.